The maximum atomic E-state index is 13.6. The van der Waals surface area contributed by atoms with Crippen LogP contribution in [-0.4, -0.2) is 65.7 Å². The number of fused-ring (bicyclic) bond motifs is 2. The summed E-state index contributed by atoms with van der Waals surface area (Å²) >= 11 is 1.52. The van der Waals surface area contributed by atoms with E-state index in [4.69, 9.17) is 9.47 Å². The van der Waals surface area contributed by atoms with Gasteiger partial charge in [-0.15, -0.1) is 0 Å². The molecule has 194 valence electrons. The van der Waals surface area contributed by atoms with Crippen LogP contribution in [-0.2, 0) is 22.4 Å². The number of hydrogen-bond acceptors (Lipinski definition) is 7. The Balaban J connectivity index is 1.51. The van der Waals surface area contributed by atoms with Gasteiger partial charge in [-0.3, -0.25) is 9.59 Å². The molecule has 8 nitrogen and oxygen atoms in total. The van der Waals surface area contributed by atoms with E-state index in [9.17, 15) is 14.7 Å². The molecule has 0 spiro atoms. The Bertz CT molecular complexity index is 1050. The molecule has 9 heteroatoms. The van der Waals surface area contributed by atoms with Gasteiger partial charge in [0.2, 0.25) is 5.91 Å². The Kier molecular flexibility index (Phi) is 9.12. The van der Waals surface area contributed by atoms with E-state index in [1.807, 2.05) is 60.6 Å². The molecule has 3 N–H and O–H groups in total. The highest BCUT2D eigenvalue weighted by Gasteiger charge is 2.36. The summed E-state index contributed by atoms with van der Waals surface area (Å²) in [5, 5.41) is 16.7. The Hall–Kier alpha value is -2.75. The summed E-state index contributed by atoms with van der Waals surface area (Å²) in [4.78, 5) is 27.3. The third-order valence-electron chi connectivity index (χ3n) is 6.42. The summed E-state index contributed by atoms with van der Waals surface area (Å²) in [6.07, 6.45) is 1.25. The van der Waals surface area contributed by atoms with Crippen LogP contribution in [0.1, 0.15) is 37.8 Å². The van der Waals surface area contributed by atoms with Crippen molar-refractivity contribution >= 4 is 23.8 Å². The van der Waals surface area contributed by atoms with Gasteiger partial charge in [-0.05, 0) is 54.5 Å². The molecule has 2 amide bonds. The largest absolute Gasteiger partial charge is 0.486 e. The fourth-order valence-corrected chi connectivity index (χ4v) is 5.53. The van der Waals surface area contributed by atoms with E-state index < -0.39 is 24.1 Å². The van der Waals surface area contributed by atoms with Crippen LogP contribution < -0.4 is 20.1 Å². The van der Waals surface area contributed by atoms with E-state index >= 15 is 0 Å². The molecule has 2 aromatic rings. The third kappa shape index (κ3) is 6.32. The zero-order valence-corrected chi connectivity index (χ0v) is 21.7. The Morgan fingerprint density at radius 2 is 1.86 bits per heavy atom. The van der Waals surface area contributed by atoms with Crippen molar-refractivity contribution in [2.75, 3.05) is 26.3 Å². The molecule has 0 fully saturated rings. The number of nitrogens with zero attached hydrogens (tertiary/aromatic N) is 1. The molecule has 0 saturated heterocycles. The van der Waals surface area contributed by atoms with Gasteiger partial charge in [-0.25, -0.2) is 4.31 Å². The molecule has 36 heavy (non-hydrogen) atoms. The average molecular weight is 514 g/mol. The van der Waals surface area contributed by atoms with Crippen LogP contribution in [0.15, 0.2) is 47.4 Å². The van der Waals surface area contributed by atoms with E-state index in [1.54, 1.807) is 0 Å². The first-order valence-corrected chi connectivity index (χ1v) is 13.4. The molecule has 2 aromatic carbocycles. The zero-order valence-electron chi connectivity index (χ0n) is 20.9. The Labute approximate surface area is 216 Å². The number of nitrogens with one attached hydrogen (secondary N) is 2. The first-order valence-electron chi connectivity index (χ1n) is 12.7. The number of carbonyl (C=O) groups excluding carboxylic acids is 2. The number of rotatable bonds is 10. The van der Waals surface area contributed by atoms with Crippen molar-refractivity contribution in [3.05, 3.63) is 53.6 Å². The normalized spacial score (nSPS) is 18.6. The van der Waals surface area contributed by atoms with Gasteiger partial charge in [0.1, 0.15) is 19.3 Å². The molecule has 4 rings (SSSR count). The van der Waals surface area contributed by atoms with Gasteiger partial charge in [-0.2, -0.15) is 0 Å². The fourth-order valence-electron chi connectivity index (χ4n) is 4.43. The predicted molar refractivity (Wildman–Crippen MR) is 139 cm³/mol. The van der Waals surface area contributed by atoms with Crippen LogP contribution in [0.4, 0.5) is 0 Å². The molecule has 0 aliphatic carbocycles. The number of aliphatic hydroxyl groups is 1. The van der Waals surface area contributed by atoms with Crippen molar-refractivity contribution in [1.82, 2.24) is 14.9 Å². The van der Waals surface area contributed by atoms with Crippen molar-refractivity contribution in [2.45, 2.75) is 62.6 Å². The van der Waals surface area contributed by atoms with Crippen molar-refractivity contribution in [1.29, 1.82) is 0 Å². The van der Waals surface area contributed by atoms with Gasteiger partial charge in [-0.1, -0.05) is 50.6 Å². The van der Waals surface area contributed by atoms with Gasteiger partial charge in [0.25, 0.3) is 5.91 Å². The quantitative estimate of drug-likeness (QED) is 0.332. The number of amides is 2. The SMILES string of the molecule is CCCCNC(=O)[C@H](O)[C@H](Cc1ccccc1)NC(=O)[C@@H]1Cc2cc3c(cc2SN1CC)OCCO3. The molecule has 2 aliphatic heterocycles. The van der Waals surface area contributed by atoms with Crippen LogP contribution in [0, 0.1) is 0 Å². The second-order valence-corrected chi connectivity index (χ2v) is 10.1. The number of ether oxygens (including phenoxy) is 2. The lowest BCUT2D eigenvalue weighted by Crippen LogP contribution is -2.56. The predicted octanol–water partition coefficient (Wildman–Crippen LogP) is 2.72. The molecule has 0 saturated carbocycles. The Morgan fingerprint density at radius 3 is 2.56 bits per heavy atom. The van der Waals surface area contributed by atoms with E-state index in [0.29, 0.717) is 44.9 Å². The highest BCUT2D eigenvalue weighted by molar-refractivity contribution is 7.97. The van der Waals surface area contributed by atoms with Gasteiger partial charge in [0.15, 0.2) is 17.6 Å². The van der Waals surface area contributed by atoms with E-state index in [0.717, 1.165) is 34.6 Å². The van der Waals surface area contributed by atoms with Crippen molar-refractivity contribution in [3.63, 3.8) is 0 Å². The van der Waals surface area contributed by atoms with Gasteiger partial charge >= 0.3 is 0 Å². The maximum Gasteiger partial charge on any atom is 0.251 e. The van der Waals surface area contributed by atoms with Crippen LogP contribution in [0.5, 0.6) is 11.5 Å². The van der Waals surface area contributed by atoms with Gasteiger partial charge in [0.05, 0.1) is 6.04 Å². The van der Waals surface area contributed by atoms with Crippen LogP contribution >= 0.6 is 11.9 Å². The van der Waals surface area contributed by atoms with Crippen molar-refractivity contribution < 1.29 is 24.2 Å². The summed E-state index contributed by atoms with van der Waals surface area (Å²) in [5.74, 6) is 0.743. The topological polar surface area (TPSA) is 100 Å². The van der Waals surface area contributed by atoms with E-state index in [2.05, 4.69) is 10.6 Å². The number of carbonyl (C=O) groups is 2. The van der Waals surface area contributed by atoms with Gasteiger partial charge < -0.3 is 25.2 Å². The average Bonchev–Trinajstić information content (AvgIpc) is 2.90. The lowest BCUT2D eigenvalue weighted by molar-refractivity contribution is -0.133. The smallest absolute Gasteiger partial charge is 0.251 e. The first-order chi connectivity index (χ1) is 17.5. The monoisotopic (exact) mass is 513 g/mol. The highest BCUT2D eigenvalue weighted by atomic mass is 32.2. The lowest BCUT2D eigenvalue weighted by Gasteiger charge is -2.36. The van der Waals surface area contributed by atoms with Crippen LogP contribution in [0.25, 0.3) is 0 Å². The second kappa shape index (κ2) is 12.5. The third-order valence-corrected chi connectivity index (χ3v) is 7.75. The molecule has 3 atom stereocenters. The number of hydrogen-bond donors (Lipinski definition) is 3. The number of aliphatic hydroxyl groups excluding tert-OH is 1. The maximum absolute atomic E-state index is 13.6. The van der Waals surface area contributed by atoms with Crippen molar-refractivity contribution in [2.24, 2.45) is 0 Å². The molecule has 2 heterocycles. The summed E-state index contributed by atoms with van der Waals surface area (Å²) < 4.78 is 13.5. The van der Waals surface area contributed by atoms with E-state index in [1.165, 1.54) is 11.9 Å². The van der Waals surface area contributed by atoms with Crippen LogP contribution in [0.3, 0.4) is 0 Å². The molecular formula is C27H35N3O5S. The minimum atomic E-state index is -1.36. The minimum Gasteiger partial charge on any atom is -0.486 e. The second-order valence-electron chi connectivity index (χ2n) is 9.04. The first kappa shape index (κ1) is 26.3. The lowest BCUT2D eigenvalue weighted by atomic mass is 9.98. The minimum absolute atomic E-state index is 0.216. The Morgan fingerprint density at radius 1 is 1.14 bits per heavy atom. The molecule has 2 aliphatic rings. The summed E-state index contributed by atoms with van der Waals surface area (Å²) in [6.45, 7) is 6.22. The van der Waals surface area contributed by atoms with Crippen molar-refractivity contribution in [3.8, 4) is 11.5 Å². The standard InChI is InChI=1S/C27H35N3O5S/c1-3-5-11-28-27(33)25(31)20(14-18-9-7-6-8-10-18)29-26(32)21-15-19-16-22-23(35-13-12-34-22)17-24(19)36-30(21)4-2/h6-10,16-17,20-21,25,31H,3-5,11-15H2,1-2H3,(H,28,33)(H,29,32)/t20-,21-,25+/m0/s1. The fraction of sp³-hybridized carbons (Fsp3) is 0.481. The van der Waals surface area contributed by atoms with Crippen LogP contribution in [0.2, 0.25) is 0 Å². The van der Waals surface area contributed by atoms with Gasteiger partial charge in [0, 0.05) is 18.0 Å². The number of unbranched alkanes of at least 4 members (excludes halogenated alkanes) is 1. The number of likely N-dealkylation sites (N-methyl/N-ethyl adjacent to an activating group) is 1. The van der Waals surface area contributed by atoms with E-state index in [-0.39, 0.29) is 5.91 Å². The summed E-state index contributed by atoms with van der Waals surface area (Å²) in [6, 6.07) is 12.3. The summed E-state index contributed by atoms with van der Waals surface area (Å²) in [7, 11) is 0. The molecule has 0 radical (unpaired) electrons. The number of benzene rings is 2. The molecule has 0 aromatic heterocycles. The molecule has 0 bridgehead atoms. The molecular weight excluding hydrogens is 478 g/mol. The zero-order chi connectivity index (χ0) is 25.5. The summed E-state index contributed by atoms with van der Waals surface area (Å²) in [5.41, 5.74) is 1.95. The highest BCUT2D eigenvalue weighted by Crippen LogP contribution is 2.42. The molecule has 0 unspecified atom stereocenters.